The highest BCUT2D eigenvalue weighted by atomic mass is 31.2. The molecule has 192 valence electrons. The number of phosphoric ester groups is 1. The van der Waals surface area contributed by atoms with Gasteiger partial charge in [0, 0.05) is 19.8 Å². The first kappa shape index (κ1) is 33.2. The molecule has 0 heterocycles. The van der Waals surface area contributed by atoms with Crippen LogP contribution in [0.25, 0.3) is 0 Å². The van der Waals surface area contributed by atoms with Gasteiger partial charge < -0.3 is 35.4 Å². The number of hydrogen-bond donors (Lipinski definition) is 6. The molecular weight excluding hydrogens is 455 g/mol. The molecule has 0 rings (SSSR count). The van der Waals surface area contributed by atoms with Crippen molar-refractivity contribution in [2.75, 3.05) is 67.1 Å². The van der Waals surface area contributed by atoms with Crippen LogP contribution in [0.5, 0.6) is 0 Å². The number of aliphatic hydroxyl groups excluding tert-OH is 6. The van der Waals surface area contributed by atoms with Crippen molar-refractivity contribution in [2.45, 2.75) is 20.8 Å². The first-order valence-corrected chi connectivity index (χ1v) is 10.9. The van der Waals surface area contributed by atoms with E-state index in [2.05, 4.69) is 18.6 Å². The summed E-state index contributed by atoms with van der Waals surface area (Å²) in [5, 5.41) is 54.2. The van der Waals surface area contributed by atoms with Gasteiger partial charge in [0.05, 0.1) is 63.7 Å². The molecule has 0 aromatic heterocycles. The molecule has 14 heteroatoms. The fourth-order valence-corrected chi connectivity index (χ4v) is 1.97. The molecule has 0 amide bonds. The van der Waals surface area contributed by atoms with Gasteiger partial charge >= 0.3 is 13.8 Å². The van der Waals surface area contributed by atoms with E-state index >= 15 is 0 Å². The van der Waals surface area contributed by atoms with Gasteiger partial charge in [-0.15, -0.1) is 0 Å². The van der Waals surface area contributed by atoms with Crippen LogP contribution in [0.2, 0.25) is 0 Å². The lowest BCUT2D eigenvalue weighted by Crippen LogP contribution is -2.43. The fourth-order valence-electron chi connectivity index (χ4n) is 1.54. The second-order valence-electron chi connectivity index (χ2n) is 7.32. The van der Waals surface area contributed by atoms with Gasteiger partial charge in [0.15, 0.2) is 0 Å². The van der Waals surface area contributed by atoms with E-state index in [1.54, 1.807) is 20.8 Å². The van der Waals surface area contributed by atoms with Crippen molar-refractivity contribution >= 4 is 13.8 Å². The third-order valence-corrected chi connectivity index (χ3v) is 5.69. The number of carbonyl (C=O) groups is 1. The zero-order valence-corrected chi connectivity index (χ0v) is 20.0. The van der Waals surface area contributed by atoms with Gasteiger partial charge in [0.2, 0.25) is 0 Å². The lowest BCUT2D eigenvalue weighted by molar-refractivity contribution is -0.219. The quantitative estimate of drug-likeness (QED) is 0.0715. The van der Waals surface area contributed by atoms with E-state index in [9.17, 15) is 9.36 Å². The van der Waals surface area contributed by atoms with E-state index in [1.807, 2.05) is 0 Å². The van der Waals surface area contributed by atoms with Gasteiger partial charge in [-0.1, -0.05) is 10.2 Å². The molecular formula is C18H37O13P. The average Bonchev–Trinajstić information content (AvgIpc) is 2.83. The van der Waals surface area contributed by atoms with E-state index in [0.717, 1.165) is 19.8 Å². The van der Waals surface area contributed by atoms with Crippen LogP contribution in [0.15, 0.2) is 11.1 Å². The SMILES string of the molecule is COP(=O)(OC)OOC(=O)C(C)=C(C)C.OCC(CO)(CO)COCC(CO)(CO)CO. The third kappa shape index (κ3) is 11.3. The predicted octanol–water partition coefficient (Wildman–Crippen LogP) is -0.852. The highest BCUT2D eigenvalue weighted by molar-refractivity contribution is 7.48. The van der Waals surface area contributed by atoms with Crippen LogP contribution in [-0.2, 0) is 32.7 Å². The molecule has 0 fully saturated rings. The summed E-state index contributed by atoms with van der Waals surface area (Å²) in [7, 11) is -1.54. The zero-order chi connectivity index (χ0) is 25.4. The first-order chi connectivity index (χ1) is 14.9. The summed E-state index contributed by atoms with van der Waals surface area (Å²) < 4.78 is 29.5. The molecule has 0 bridgehead atoms. The monoisotopic (exact) mass is 492 g/mol. The van der Waals surface area contributed by atoms with Crippen LogP contribution in [0.1, 0.15) is 20.8 Å². The fraction of sp³-hybridized carbons (Fsp3) is 0.833. The highest BCUT2D eigenvalue weighted by Crippen LogP contribution is 2.47. The van der Waals surface area contributed by atoms with E-state index in [0.29, 0.717) is 5.57 Å². The molecule has 0 aromatic rings. The number of ether oxygens (including phenoxy) is 1. The maximum Gasteiger partial charge on any atom is 0.510 e. The Morgan fingerprint density at radius 3 is 1.34 bits per heavy atom. The number of hydrogen-bond acceptors (Lipinski definition) is 13. The third-order valence-electron chi connectivity index (χ3n) is 4.54. The smallest absolute Gasteiger partial charge is 0.396 e. The maximum absolute atomic E-state index is 11.3. The van der Waals surface area contributed by atoms with Crippen LogP contribution in [0, 0.1) is 10.8 Å². The summed E-state index contributed by atoms with van der Waals surface area (Å²) in [6.45, 7) is 2.03. The Morgan fingerprint density at radius 1 is 0.750 bits per heavy atom. The average molecular weight is 492 g/mol. The number of allylic oxidation sites excluding steroid dienone is 1. The Hall–Kier alpha value is -0.960. The van der Waals surface area contributed by atoms with Crippen molar-refractivity contribution in [1.82, 2.24) is 0 Å². The largest absolute Gasteiger partial charge is 0.510 e. The van der Waals surface area contributed by atoms with Gasteiger partial charge in [-0.2, -0.15) is 0 Å². The number of phosphoric acid groups is 1. The number of rotatable bonds is 15. The van der Waals surface area contributed by atoms with E-state index in [4.69, 9.17) is 35.4 Å². The molecule has 0 aliphatic heterocycles. The van der Waals surface area contributed by atoms with Crippen molar-refractivity contribution in [2.24, 2.45) is 10.8 Å². The Balaban J connectivity index is 0. The van der Waals surface area contributed by atoms with Crippen molar-refractivity contribution in [3.8, 4) is 0 Å². The van der Waals surface area contributed by atoms with E-state index < -0.39 is 64.3 Å². The lowest BCUT2D eigenvalue weighted by atomic mass is 9.91. The Kier molecular flexibility index (Phi) is 17.3. The van der Waals surface area contributed by atoms with E-state index in [1.165, 1.54) is 0 Å². The molecule has 0 unspecified atom stereocenters. The first-order valence-electron chi connectivity index (χ1n) is 9.42. The van der Waals surface area contributed by atoms with Crippen LogP contribution >= 0.6 is 7.82 Å². The summed E-state index contributed by atoms with van der Waals surface area (Å²) in [6, 6.07) is 0. The van der Waals surface area contributed by atoms with Crippen molar-refractivity contribution < 1.29 is 63.3 Å². The lowest BCUT2D eigenvalue weighted by Gasteiger charge is -2.31. The summed E-state index contributed by atoms with van der Waals surface area (Å²) in [5.41, 5.74) is -1.18. The molecule has 0 aromatic carbocycles. The molecule has 0 saturated carbocycles. The molecule has 6 N–H and O–H groups in total. The number of aliphatic hydroxyl groups is 6. The summed E-state index contributed by atoms with van der Waals surface area (Å²) in [4.78, 5) is 15.5. The minimum absolute atomic E-state index is 0.141. The van der Waals surface area contributed by atoms with Gasteiger partial charge in [0.1, 0.15) is 0 Å². The van der Waals surface area contributed by atoms with Crippen molar-refractivity contribution in [3.63, 3.8) is 0 Å². The van der Waals surface area contributed by atoms with Crippen molar-refractivity contribution in [1.29, 1.82) is 0 Å². The molecule has 0 aliphatic carbocycles. The Labute approximate surface area is 187 Å². The number of carbonyl (C=O) groups excluding carboxylic acids is 1. The van der Waals surface area contributed by atoms with Gasteiger partial charge in [-0.05, 0) is 20.8 Å². The topological polar surface area (TPSA) is 202 Å². The highest BCUT2D eigenvalue weighted by Gasteiger charge is 2.33. The zero-order valence-electron chi connectivity index (χ0n) is 19.1. The minimum Gasteiger partial charge on any atom is -0.396 e. The second-order valence-corrected chi connectivity index (χ2v) is 9.10. The van der Waals surface area contributed by atoms with Gasteiger partial charge in [-0.25, -0.2) is 9.36 Å². The van der Waals surface area contributed by atoms with Crippen LogP contribution in [-0.4, -0.2) is 104 Å². The van der Waals surface area contributed by atoms with E-state index in [-0.39, 0.29) is 13.2 Å². The van der Waals surface area contributed by atoms with Gasteiger partial charge in [0.25, 0.3) is 0 Å². The summed E-state index contributed by atoms with van der Waals surface area (Å²) in [6.07, 6.45) is 0. The molecule has 13 nitrogen and oxygen atoms in total. The summed E-state index contributed by atoms with van der Waals surface area (Å²) >= 11 is 0. The van der Waals surface area contributed by atoms with Crippen molar-refractivity contribution in [3.05, 3.63) is 11.1 Å². The molecule has 0 aliphatic rings. The Morgan fingerprint density at radius 2 is 1.09 bits per heavy atom. The second kappa shape index (κ2) is 16.6. The minimum atomic E-state index is -3.77. The van der Waals surface area contributed by atoms with Crippen LogP contribution in [0.3, 0.4) is 0 Å². The normalized spacial score (nSPS) is 12.1. The van der Waals surface area contributed by atoms with Crippen LogP contribution in [0.4, 0.5) is 0 Å². The Bertz CT molecular complexity index is 551. The molecule has 0 atom stereocenters. The van der Waals surface area contributed by atoms with Crippen LogP contribution < -0.4 is 0 Å². The molecule has 0 spiro atoms. The molecule has 32 heavy (non-hydrogen) atoms. The molecule has 0 radical (unpaired) electrons. The van der Waals surface area contributed by atoms with Gasteiger partial charge in [-0.3, -0.25) is 13.9 Å². The maximum atomic E-state index is 11.3. The molecule has 0 saturated heterocycles. The summed E-state index contributed by atoms with van der Waals surface area (Å²) in [5.74, 6) is -0.732. The standard InChI is InChI=1S/C10H22O7.C8H15O6P/c11-1-9(2-12,3-13)7-17-8-10(4-14,5-15)6-16;1-6(2)7(3)8(9)13-14-15(10,11-4)12-5/h11-16H,1-8H2;1-5H3. The predicted molar refractivity (Wildman–Crippen MR) is 111 cm³/mol.